The monoisotopic (exact) mass is 282 g/mol. The molecular formula is C12H14N2O2S2. The van der Waals surface area contributed by atoms with Crippen LogP contribution in [-0.4, -0.2) is 8.42 Å². The number of rotatable bonds is 3. The Bertz CT molecular complexity index is 662. The minimum absolute atomic E-state index is 0.122. The smallest absolute Gasteiger partial charge is 0.263 e. The Hall–Kier alpha value is -1.53. The predicted octanol–water partition coefficient (Wildman–Crippen LogP) is 2.75. The fourth-order valence-electron chi connectivity index (χ4n) is 1.58. The minimum Gasteiger partial charge on any atom is -0.398 e. The number of nitrogens with two attached hydrogens (primary N) is 1. The van der Waals surface area contributed by atoms with Crippen molar-refractivity contribution in [2.24, 2.45) is 0 Å². The molecule has 1 heterocycles. The molecule has 0 atom stereocenters. The lowest BCUT2D eigenvalue weighted by atomic mass is 10.1. The first-order chi connectivity index (χ1) is 8.40. The molecule has 0 radical (unpaired) electrons. The van der Waals surface area contributed by atoms with Crippen molar-refractivity contribution >= 4 is 32.7 Å². The standard InChI is InChI=1S/C12H14N2O2S2/c1-8-5-11(13)12(6-9(8)2)18(15,16)14-10-3-4-17-7-10/h3-7,14H,13H2,1-2H3. The summed E-state index contributed by atoms with van der Waals surface area (Å²) in [6.45, 7) is 3.76. The average Bonchev–Trinajstić information content (AvgIpc) is 2.75. The van der Waals surface area contributed by atoms with Gasteiger partial charge >= 0.3 is 0 Å². The van der Waals surface area contributed by atoms with E-state index in [1.165, 1.54) is 11.3 Å². The van der Waals surface area contributed by atoms with Crippen LogP contribution in [0.25, 0.3) is 0 Å². The van der Waals surface area contributed by atoms with Gasteiger partial charge < -0.3 is 5.73 Å². The van der Waals surface area contributed by atoms with Crippen molar-refractivity contribution in [1.29, 1.82) is 0 Å². The molecule has 0 amide bonds. The quantitative estimate of drug-likeness (QED) is 0.850. The van der Waals surface area contributed by atoms with E-state index in [2.05, 4.69) is 4.72 Å². The molecular weight excluding hydrogens is 268 g/mol. The van der Waals surface area contributed by atoms with Crippen LogP contribution in [0, 0.1) is 13.8 Å². The molecule has 0 aliphatic rings. The van der Waals surface area contributed by atoms with Crippen molar-refractivity contribution in [3.8, 4) is 0 Å². The van der Waals surface area contributed by atoms with Gasteiger partial charge in [0.1, 0.15) is 4.90 Å². The van der Waals surface area contributed by atoms with E-state index < -0.39 is 10.0 Å². The molecule has 18 heavy (non-hydrogen) atoms. The third-order valence-electron chi connectivity index (χ3n) is 2.69. The van der Waals surface area contributed by atoms with Crippen molar-refractivity contribution in [3.05, 3.63) is 40.1 Å². The Labute approximate surface area is 111 Å². The first-order valence-electron chi connectivity index (χ1n) is 5.32. The molecule has 0 unspecified atom stereocenters. The Morgan fingerprint density at radius 2 is 1.89 bits per heavy atom. The van der Waals surface area contributed by atoms with Crippen molar-refractivity contribution < 1.29 is 8.42 Å². The van der Waals surface area contributed by atoms with Crippen molar-refractivity contribution in [1.82, 2.24) is 0 Å². The molecule has 0 aliphatic carbocycles. The Morgan fingerprint density at radius 1 is 1.22 bits per heavy atom. The molecule has 1 aromatic carbocycles. The molecule has 0 spiro atoms. The molecule has 0 fully saturated rings. The van der Waals surface area contributed by atoms with E-state index in [9.17, 15) is 8.42 Å². The van der Waals surface area contributed by atoms with Crippen LogP contribution in [0.1, 0.15) is 11.1 Å². The fourth-order valence-corrected chi connectivity index (χ4v) is 3.49. The highest BCUT2D eigenvalue weighted by molar-refractivity contribution is 7.92. The van der Waals surface area contributed by atoms with E-state index in [1.807, 2.05) is 19.2 Å². The summed E-state index contributed by atoms with van der Waals surface area (Å²) in [5.41, 5.74) is 8.48. The van der Waals surface area contributed by atoms with Crippen molar-refractivity contribution in [2.45, 2.75) is 18.7 Å². The summed E-state index contributed by atoms with van der Waals surface area (Å²) in [4.78, 5) is 0.122. The highest BCUT2D eigenvalue weighted by Crippen LogP contribution is 2.25. The number of thiophene rings is 1. The summed E-state index contributed by atoms with van der Waals surface area (Å²) >= 11 is 1.43. The lowest BCUT2D eigenvalue weighted by Gasteiger charge is -2.11. The van der Waals surface area contributed by atoms with E-state index in [1.54, 1.807) is 23.6 Å². The zero-order chi connectivity index (χ0) is 13.3. The van der Waals surface area contributed by atoms with Gasteiger partial charge in [0.2, 0.25) is 0 Å². The first-order valence-corrected chi connectivity index (χ1v) is 7.74. The summed E-state index contributed by atoms with van der Waals surface area (Å²) in [6, 6.07) is 4.98. The third-order valence-corrected chi connectivity index (χ3v) is 4.81. The molecule has 0 aliphatic heterocycles. The lowest BCUT2D eigenvalue weighted by molar-refractivity contribution is 0.601. The summed E-state index contributed by atoms with van der Waals surface area (Å²) in [5, 5.41) is 3.54. The summed E-state index contributed by atoms with van der Waals surface area (Å²) in [5.74, 6) is 0. The summed E-state index contributed by atoms with van der Waals surface area (Å²) in [6.07, 6.45) is 0. The number of benzene rings is 1. The van der Waals surface area contributed by atoms with Gasteiger partial charge in [-0.3, -0.25) is 4.72 Å². The predicted molar refractivity (Wildman–Crippen MR) is 75.5 cm³/mol. The third kappa shape index (κ3) is 2.49. The number of sulfonamides is 1. The van der Waals surface area contributed by atoms with Gasteiger partial charge in [0.05, 0.1) is 11.4 Å². The molecule has 96 valence electrons. The van der Waals surface area contributed by atoms with Gasteiger partial charge in [-0.25, -0.2) is 8.42 Å². The number of aryl methyl sites for hydroxylation is 2. The maximum absolute atomic E-state index is 12.2. The minimum atomic E-state index is -3.62. The highest BCUT2D eigenvalue weighted by atomic mass is 32.2. The summed E-state index contributed by atoms with van der Waals surface area (Å²) < 4.78 is 26.9. The van der Waals surface area contributed by atoms with Crippen LogP contribution in [0.4, 0.5) is 11.4 Å². The maximum Gasteiger partial charge on any atom is 0.263 e. The van der Waals surface area contributed by atoms with Gasteiger partial charge in [-0.05, 0) is 48.6 Å². The van der Waals surface area contributed by atoms with E-state index in [-0.39, 0.29) is 10.6 Å². The van der Waals surface area contributed by atoms with Crippen LogP contribution in [-0.2, 0) is 10.0 Å². The Kier molecular flexibility index (Phi) is 3.32. The molecule has 6 heteroatoms. The Balaban J connectivity index is 2.44. The van der Waals surface area contributed by atoms with Crippen molar-refractivity contribution in [3.63, 3.8) is 0 Å². The van der Waals surface area contributed by atoms with E-state index >= 15 is 0 Å². The topological polar surface area (TPSA) is 72.2 Å². The zero-order valence-electron chi connectivity index (χ0n) is 10.1. The molecule has 0 saturated carbocycles. The van der Waals surface area contributed by atoms with Crippen LogP contribution < -0.4 is 10.5 Å². The summed E-state index contributed by atoms with van der Waals surface area (Å²) in [7, 11) is -3.62. The molecule has 1 aromatic heterocycles. The highest BCUT2D eigenvalue weighted by Gasteiger charge is 2.18. The largest absolute Gasteiger partial charge is 0.398 e. The van der Waals surface area contributed by atoms with Crippen LogP contribution in [0.15, 0.2) is 33.9 Å². The molecule has 2 aromatic rings. The maximum atomic E-state index is 12.2. The molecule has 2 rings (SSSR count). The van der Waals surface area contributed by atoms with Gasteiger partial charge in [0.15, 0.2) is 0 Å². The number of anilines is 2. The molecule has 0 bridgehead atoms. The molecule has 3 N–H and O–H groups in total. The zero-order valence-corrected chi connectivity index (χ0v) is 11.7. The first kappa shape index (κ1) is 12.9. The van der Waals surface area contributed by atoms with E-state index in [4.69, 9.17) is 5.73 Å². The number of hydrogen-bond acceptors (Lipinski definition) is 4. The Morgan fingerprint density at radius 3 is 2.50 bits per heavy atom. The number of hydrogen-bond donors (Lipinski definition) is 2. The second-order valence-electron chi connectivity index (χ2n) is 4.09. The van der Waals surface area contributed by atoms with Gasteiger partial charge in [0.25, 0.3) is 10.0 Å². The van der Waals surface area contributed by atoms with Gasteiger partial charge in [-0.2, -0.15) is 11.3 Å². The molecule has 4 nitrogen and oxygen atoms in total. The van der Waals surface area contributed by atoms with E-state index in [0.29, 0.717) is 5.69 Å². The lowest BCUT2D eigenvalue weighted by Crippen LogP contribution is -2.14. The van der Waals surface area contributed by atoms with Crippen LogP contribution in [0.3, 0.4) is 0 Å². The van der Waals surface area contributed by atoms with Crippen LogP contribution in [0.2, 0.25) is 0 Å². The fraction of sp³-hybridized carbons (Fsp3) is 0.167. The number of nitrogen functional groups attached to an aromatic ring is 1. The van der Waals surface area contributed by atoms with Crippen LogP contribution in [0.5, 0.6) is 0 Å². The second-order valence-corrected chi connectivity index (χ2v) is 6.52. The average molecular weight is 282 g/mol. The van der Waals surface area contributed by atoms with Gasteiger partial charge in [0, 0.05) is 5.38 Å². The second kappa shape index (κ2) is 4.62. The SMILES string of the molecule is Cc1cc(N)c(S(=O)(=O)Nc2ccsc2)cc1C. The normalized spacial score (nSPS) is 11.4. The van der Waals surface area contributed by atoms with Crippen LogP contribution >= 0.6 is 11.3 Å². The number of nitrogens with one attached hydrogen (secondary N) is 1. The van der Waals surface area contributed by atoms with E-state index in [0.717, 1.165) is 11.1 Å². The molecule has 0 saturated heterocycles. The van der Waals surface area contributed by atoms with Gasteiger partial charge in [-0.1, -0.05) is 0 Å². The van der Waals surface area contributed by atoms with Gasteiger partial charge in [-0.15, -0.1) is 0 Å². The van der Waals surface area contributed by atoms with Crippen molar-refractivity contribution in [2.75, 3.05) is 10.5 Å².